The summed E-state index contributed by atoms with van der Waals surface area (Å²) >= 11 is 0. The van der Waals surface area contributed by atoms with Gasteiger partial charge in [0, 0.05) is 12.6 Å². The molecule has 0 saturated heterocycles. The highest BCUT2D eigenvalue weighted by molar-refractivity contribution is 5.85. The van der Waals surface area contributed by atoms with E-state index in [1.165, 1.54) is 13.2 Å². The number of aromatic hydroxyl groups is 1. The van der Waals surface area contributed by atoms with E-state index in [0.717, 1.165) is 5.56 Å². The van der Waals surface area contributed by atoms with Crippen LogP contribution in [0.4, 0.5) is 0 Å². The van der Waals surface area contributed by atoms with Crippen molar-refractivity contribution in [1.82, 2.24) is 0 Å². The molecule has 0 saturated carbocycles. The van der Waals surface area contributed by atoms with Gasteiger partial charge in [-0.2, -0.15) is 0 Å². The Kier molecular flexibility index (Phi) is 6.08. The first-order valence-electron chi connectivity index (χ1n) is 4.42. The molecule has 0 bridgehead atoms. The van der Waals surface area contributed by atoms with Gasteiger partial charge in [-0.15, -0.1) is 12.4 Å². The fourth-order valence-electron chi connectivity index (χ4n) is 1.23. The monoisotopic (exact) mass is 233 g/mol. The van der Waals surface area contributed by atoms with Crippen molar-refractivity contribution >= 4 is 12.4 Å². The predicted molar refractivity (Wildman–Crippen MR) is 60.5 cm³/mol. The fraction of sp³-hybridized carbons (Fsp3) is 0.400. The van der Waals surface area contributed by atoms with Crippen molar-refractivity contribution in [2.75, 3.05) is 13.7 Å². The summed E-state index contributed by atoms with van der Waals surface area (Å²) in [7, 11) is 1.48. The number of aliphatic hydroxyl groups is 1. The summed E-state index contributed by atoms with van der Waals surface area (Å²) in [4.78, 5) is 0. The van der Waals surface area contributed by atoms with Crippen molar-refractivity contribution in [3.63, 3.8) is 0 Å². The molecule has 0 fully saturated rings. The SMILES string of the molecule is COc1cc([C@H](N)CCO)ccc1O.Cl. The molecule has 4 N–H and O–H groups in total. The number of hydrogen-bond acceptors (Lipinski definition) is 4. The van der Waals surface area contributed by atoms with Gasteiger partial charge in [0.2, 0.25) is 0 Å². The molecule has 1 aromatic rings. The van der Waals surface area contributed by atoms with Crippen molar-refractivity contribution in [2.45, 2.75) is 12.5 Å². The number of rotatable bonds is 4. The van der Waals surface area contributed by atoms with Crippen molar-refractivity contribution in [3.8, 4) is 11.5 Å². The average molecular weight is 234 g/mol. The molecular formula is C10H16ClNO3. The molecular weight excluding hydrogens is 218 g/mol. The lowest BCUT2D eigenvalue weighted by atomic mass is 10.0. The summed E-state index contributed by atoms with van der Waals surface area (Å²) in [6.45, 7) is 0.0460. The second kappa shape index (κ2) is 6.50. The molecule has 5 heteroatoms. The molecule has 0 spiro atoms. The molecule has 0 heterocycles. The van der Waals surface area contributed by atoms with E-state index >= 15 is 0 Å². The molecule has 1 rings (SSSR count). The summed E-state index contributed by atoms with van der Waals surface area (Å²) < 4.78 is 4.95. The molecule has 0 amide bonds. The highest BCUT2D eigenvalue weighted by atomic mass is 35.5. The van der Waals surface area contributed by atoms with E-state index < -0.39 is 0 Å². The second-order valence-corrected chi connectivity index (χ2v) is 3.05. The Bertz CT molecular complexity index is 307. The van der Waals surface area contributed by atoms with Crippen LogP contribution in [0.15, 0.2) is 18.2 Å². The van der Waals surface area contributed by atoms with Gasteiger partial charge in [0.25, 0.3) is 0 Å². The summed E-state index contributed by atoms with van der Waals surface area (Å²) in [6, 6.07) is 4.70. The zero-order chi connectivity index (χ0) is 10.6. The fourth-order valence-corrected chi connectivity index (χ4v) is 1.23. The standard InChI is InChI=1S/C10H15NO3.ClH/c1-14-10-6-7(2-3-9(10)13)8(11)4-5-12;/h2-3,6,8,12-13H,4-5,11H2,1H3;1H/t8-;/m1./s1. The number of phenols is 1. The molecule has 0 aliphatic carbocycles. The van der Waals surface area contributed by atoms with Gasteiger partial charge in [-0.05, 0) is 24.1 Å². The largest absolute Gasteiger partial charge is 0.504 e. The lowest BCUT2D eigenvalue weighted by molar-refractivity contribution is 0.276. The van der Waals surface area contributed by atoms with E-state index in [4.69, 9.17) is 15.6 Å². The van der Waals surface area contributed by atoms with E-state index in [1.54, 1.807) is 12.1 Å². The minimum atomic E-state index is -0.227. The van der Waals surface area contributed by atoms with Crippen LogP contribution in [0.3, 0.4) is 0 Å². The van der Waals surface area contributed by atoms with Crippen LogP contribution >= 0.6 is 12.4 Å². The number of methoxy groups -OCH3 is 1. The van der Waals surface area contributed by atoms with Crippen LogP contribution in [0, 0.1) is 0 Å². The van der Waals surface area contributed by atoms with Crippen molar-refractivity contribution < 1.29 is 14.9 Å². The normalized spacial score (nSPS) is 11.7. The first-order chi connectivity index (χ1) is 6.69. The Hall–Kier alpha value is -0.970. The van der Waals surface area contributed by atoms with E-state index in [1.807, 2.05) is 0 Å². The summed E-state index contributed by atoms with van der Waals surface area (Å²) in [6.07, 6.45) is 0.494. The summed E-state index contributed by atoms with van der Waals surface area (Å²) in [5, 5.41) is 18.0. The van der Waals surface area contributed by atoms with Gasteiger partial charge in [-0.1, -0.05) is 6.07 Å². The van der Waals surface area contributed by atoms with E-state index in [-0.39, 0.29) is 30.8 Å². The minimum Gasteiger partial charge on any atom is -0.504 e. The van der Waals surface area contributed by atoms with Crippen LogP contribution in [0.5, 0.6) is 11.5 Å². The number of halogens is 1. The maximum absolute atomic E-state index is 9.33. The van der Waals surface area contributed by atoms with Gasteiger partial charge in [0.05, 0.1) is 7.11 Å². The Morgan fingerprint density at radius 2 is 2.13 bits per heavy atom. The van der Waals surface area contributed by atoms with Crippen LogP contribution in [-0.2, 0) is 0 Å². The number of hydrogen-bond donors (Lipinski definition) is 3. The molecule has 0 aromatic heterocycles. The Balaban J connectivity index is 0.00000196. The predicted octanol–water partition coefficient (Wildman–Crippen LogP) is 1.20. The average Bonchev–Trinajstić information content (AvgIpc) is 2.19. The van der Waals surface area contributed by atoms with Crippen LogP contribution in [-0.4, -0.2) is 23.9 Å². The molecule has 0 aliphatic heterocycles. The van der Waals surface area contributed by atoms with Gasteiger partial charge in [-0.3, -0.25) is 0 Å². The van der Waals surface area contributed by atoms with Crippen LogP contribution in [0.25, 0.3) is 0 Å². The summed E-state index contributed by atoms with van der Waals surface area (Å²) in [5.74, 6) is 0.489. The smallest absolute Gasteiger partial charge is 0.160 e. The molecule has 1 atom stereocenters. The Morgan fingerprint density at radius 1 is 1.47 bits per heavy atom. The topological polar surface area (TPSA) is 75.7 Å². The van der Waals surface area contributed by atoms with Crippen LogP contribution in [0.2, 0.25) is 0 Å². The highest BCUT2D eigenvalue weighted by Crippen LogP contribution is 2.28. The van der Waals surface area contributed by atoms with Crippen molar-refractivity contribution in [3.05, 3.63) is 23.8 Å². The van der Waals surface area contributed by atoms with Gasteiger partial charge in [0.1, 0.15) is 0 Å². The maximum Gasteiger partial charge on any atom is 0.160 e. The van der Waals surface area contributed by atoms with Gasteiger partial charge >= 0.3 is 0 Å². The highest BCUT2D eigenvalue weighted by Gasteiger charge is 2.08. The molecule has 15 heavy (non-hydrogen) atoms. The van der Waals surface area contributed by atoms with Crippen LogP contribution < -0.4 is 10.5 Å². The number of ether oxygens (including phenoxy) is 1. The third-order valence-electron chi connectivity index (χ3n) is 2.07. The van der Waals surface area contributed by atoms with Crippen LogP contribution in [0.1, 0.15) is 18.0 Å². The van der Waals surface area contributed by atoms with Crippen molar-refractivity contribution in [2.24, 2.45) is 5.73 Å². The Morgan fingerprint density at radius 3 is 2.67 bits per heavy atom. The number of benzene rings is 1. The summed E-state index contributed by atoms with van der Waals surface area (Å²) in [5.41, 5.74) is 6.62. The lowest BCUT2D eigenvalue weighted by Crippen LogP contribution is -2.11. The molecule has 1 aromatic carbocycles. The quantitative estimate of drug-likeness (QED) is 0.731. The molecule has 86 valence electrons. The van der Waals surface area contributed by atoms with Gasteiger partial charge < -0.3 is 20.7 Å². The zero-order valence-electron chi connectivity index (χ0n) is 8.51. The number of nitrogens with two attached hydrogens (primary N) is 1. The zero-order valence-corrected chi connectivity index (χ0v) is 9.33. The first-order valence-corrected chi connectivity index (χ1v) is 4.42. The molecule has 0 unspecified atom stereocenters. The molecule has 4 nitrogen and oxygen atoms in total. The maximum atomic E-state index is 9.33. The lowest BCUT2D eigenvalue weighted by Gasteiger charge is -2.12. The van der Waals surface area contributed by atoms with E-state index in [9.17, 15) is 5.11 Å². The molecule has 0 aliphatic rings. The minimum absolute atomic E-state index is 0. The van der Waals surface area contributed by atoms with E-state index in [2.05, 4.69) is 0 Å². The second-order valence-electron chi connectivity index (χ2n) is 3.05. The first kappa shape index (κ1) is 14.0. The van der Waals surface area contributed by atoms with Crippen molar-refractivity contribution in [1.29, 1.82) is 0 Å². The third kappa shape index (κ3) is 3.58. The number of aliphatic hydroxyl groups excluding tert-OH is 1. The van der Waals surface area contributed by atoms with E-state index in [0.29, 0.717) is 12.2 Å². The van der Waals surface area contributed by atoms with Gasteiger partial charge in [0.15, 0.2) is 11.5 Å². The number of phenolic OH excluding ortho intramolecular Hbond substituents is 1. The Labute approximate surface area is 95.1 Å². The molecule has 0 radical (unpaired) electrons. The van der Waals surface area contributed by atoms with Gasteiger partial charge in [-0.25, -0.2) is 0 Å². The third-order valence-corrected chi connectivity index (χ3v) is 2.07.